The largest absolute Gasteiger partial charge is 0.386 e. The summed E-state index contributed by atoms with van der Waals surface area (Å²) in [5, 5.41) is 9.96. The van der Waals surface area contributed by atoms with Crippen molar-refractivity contribution < 1.29 is 18.7 Å². The number of likely N-dealkylation sites (tertiary alicyclic amines) is 1. The summed E-state index contributed by atoms with van der Waals surface area (Å²) in [6, 6.07) is 3.53. The summed E-state index contributed by atoms with van der Waals surface area (Å²) < 4.78 is 26.8. The van der Waals surface area contributed by atoms with Gasteiger partial charge in [-0.05, 0) is 18.6 Å². The van der Waals surface area contributed by atoms with Crippen molar-refractivity contribution in [1.82, 2.24) is 4.90 Å². The van der Waals surface area contributed by atoms with Crippen molar-refractivity contribution in [2.45, 2.75) is 31.8 Å². The molecule has 19 heavy (non-hydrogen) atoms. The second kappa shape index (κ2) is 5.25. The van der Waals surface area contributed by atoms with Crippen LogP contribution in [0.15, 0.2) is 18.2 Å². The smallest absolute Gasteiger partial charge is 0.227 e. The Balaban J connectivity index is 1.97. The van der Waals surface area contributed by atoms with Crippen molar-refractivity contribution in [2.24, 2.45) is 0 Å². The van der Waals surface area contributed by atoms with Crippen LogP contribution in [-0.2, 0) is 11.2 Å². The highest BCUT2D eigenvalue weighted by atomic mass is 19.1. The Bertz CT molecular complexity index is 464. The first-order valence-corrected chi connectivity index (χ1v) is 6.38. The van der Waals surface area contributed by atoms with Gasteiger partial charge < -0.3 is 10.0 Å². The van der Waals surface area contributed by atoms with Crippen LogP contribution in [0.3, 0.4) is 0 Å². The zero-order valence-corrected chi connectivity index (χ0v) is 10.8. The highest BCUT2D eigenvalue weighted by Crippen LogP contribution is 2.26. The molecule has 1 saturated heterocycles. The molecule has 1 aliphatic rings. The standard InChI is InChI=1S/C14H17F2NO2/c1-2-6-14(19)8-17(9-14)13(18)7-10-11(15)4-3-5-12(10)16/h3-5,19H,2,6-9H2,1H3. The molecule has 1 aromatic carbocycles. The first-order valence-electron chi connectivity index (χ1n) is 6.38. The number of β-amino-alcohol motifs (C(OH)–C–C–N with tert-alkyl or cyclic N) is 1. The van der Waals surface area contributed by atoms with Gasteiger partial charge in [-0.1, -0.05) is 19.4 Å². The highest BCUT2D eigenvalue weighted by Gasteiger charge is 2.42. The van der Waals surface area contributed by atoms with Gasteiger partial charge in [0.2, 0.25) is 5.91 Å². The van der Waals surface area contributed by atoms with Gasteiger partial charge >= 0.3 is 0 Å². The molecule has 0 atom stereocenters. The predicted octanol–water partition coefficient (Wildman–Crippen LogP) is 1.88. The van der Waals surface area contributed by atoms with Gasteiger partial charge in [0, 0.05) is 5.56 Å². The summed E-state index contributed by atoms with van der Waals surface area (Å²) in [4.78, 5) is 13.3. The molecule has 1 aliphatic heterocycles. The molecule has 0 unspecified atom stereocenters. The van der Waals surface area contributed by atoms with Crippen molar-refractivity contribution in [3.8, 4) is 0 Å². The van der Waals surface area contributed by atoms with E-state index in [1.54, 1.807) is 0 Å². The minimum atomic E-state index is -0.821. The summed E-state index contributed by atoms with van der Waals surface area (Å²) in [5.41, 5.74) is -1.03. The molecule has 0 spiro atoms. The van der Waals surface area contributed by atoms with Gasteiger partial charge in [0.15, 0.2) is 0 Å². The molecule has 1 amide bonds. The molecule has 2 rings (SSSR count). The highest BCUT2D eigenvalue weighted by molar-refractivity contribution is 5.80. The molecule has 0 aliphatic carbocycles. The first-order chi connectivity index (χ1) is 8.95. The number of benzene rings is 1. The van der Waals surface area contributed by atoms with E-state index in [2.05, 4.69) is 0 Å². The second-order valence-corrected chi connectivity index (χ2v) is 5.10. The minimum Gasteiger partial charge on any atom is -0.386 e. The van der Waals surface area contributed by atoms with Gasteiger partial charge in [-0.15, -0.1) is 0 Å². The van der Waals surface area contributed by atoms with Crippen LogP contribution in [0.5, 0.6) is 0 Å². The fourth-order valence-electron chi connectivity index (χ4n) is 2.43. The third kappa shape index (κ3) is 2.92. The summed E-state index contributed by atoms with van der Waals surface area (Å²) in [6.07, 6.45) is 1.16. The lowest BCUT2D eigenvalue weighted by Crippen LogP contribution is -2.63. The molecule has 0 saturated carbocycles. The lowest BCUT2D eigenvalue weighted by Gasteiger charge is -2.46. The number of amides is 1. The van der Waals surface area contributed by atoms with Crippen molar-refractivity contribution >= 4 is 5.91 Å². The Morgan fingerprint density at radius 1 is 1.37 bits per heavy atom. The van der Waals surface area contributed by atoms with Crippen LogP contribution in [0.25, 0.3) is 0 Å². The first kappa shape index (κ1) is 13.9. The van der Waals surface area contributed by atoms with Crippen LogP contribution in [0, 0.1) is 11.6 Å². The maximum Gasteiger partial charge on any atom is 0.227 e. The number of nitrogens with zero attached hydrogens (tertiary/aromatic N) is 1. The minimum absolute atomic E-state index is 0.210. The van der Waals surface area contributed by atoms with Crippen molar-refractivity contribution in [1.29, 1.82) is 0 Å². The quantitative estimate of drug-likeness (QED) is 0.906. The maximum atomic E-state index is 13.4. The van der Waals surface area contributed by atoms with E-state index in [9.17, 15) is 18.7 Å². The molecular weight excluding hydrogens is 252 g/mol. The van der Waals surface area contributed by atoms with E-state index in [0.29, 0.717) is 6.42 Å². The fourth-order valence-corrected chi connectivity index (χ4v) is 2.43. The molecule has 0 radical (unpaired) electrons. The van der Waals surface area contributed by atoms with Crippen LogP contribution < -0.4 is 0 Å². The Kier molecular flexibility index (Phi) is 3.85. The summed E-state index contributed by atoms with van der Waals surface area (Å²) >= 11 is 0. The average Bonchev–Trinajstić information content (AvgIpc) is 2.31. The number of aliphatic hydroxyl groups is 1. The lowest BCUT2D eigenvalue weighted by molar-refractivity contribution is -0.155. The van der Waals surface area contributed by atoms with Gasteiger partial charge in [0.25, 0.3) is 0 Å². The maximum absolute atomic E-state index is 13.4. The van der Waals surface area contributed by atoms with Crippen LogP contribution in [0.4, 0.5) is 8.78 Å². The van der Waals surface area contributed by atoms with E-state index in [4.69, 9.17) is 0 Å². The normalized spacial score (nSPS) is 17.2. The molecule has 0 bridgehead atoms. The van der Waals surface area contributed by atoms with E-state index >= 15 is 0 Å². The molecule has 3 nitrogen and oxygen atoms in total. The Morgan fingerprint density at radius 3 is 2.47 bits per heavy atom. The summed E-state index contributed by atoms with van der Waals surface area (Å²) in [6.45, 7) is 2.45. The Morgan fingerprint density at radius 2 is 1.95 bits per heavy atom. The van der Waals surface area contributed by atoms with Gasteiger partial charge in [0.05, 0.1) is 25.1 Å². The number of hydrogen-bond acceptors (Lipinski definition) is 2. The number of carbonyl (C=O) groups is 1. The molecule has 1 heterocycles. The Hall–Kier alpha value is -1.49. The number of carbonyl (C=O) groups excluding carboxylic acids is 1. The molecule has 1 fully saturated rings. The van der Waals surface area contributed by atoms with Gasteiger partial charge in [-0.25, -0.2) is 8.78 Å². The lowest BCUT2D eigenvalue weighted by atomic mass is 9.89. The number of hydrogen-bond donors (Lipinski definition) is 1. The topological polar surface area (TPSA) is 40.5 Å². The zero-order chi connectivity index (χ0) is 14.0. The van der Waals surface area contributed by atoms with Gasteiger partial charge in [-0.2, -0.15) is 0 Å². The van der Waals surface area contributed by atoms with E-state index in [1.807, 2.05) is 6.92 Å². The molecular formula is C14H17F2NO2. The van der Waals surface area contributed by atoms with E-state index in [0.717, 1.165) is 18.6 Å². The van der Waals surface area contributed by atoms with E-state index in [1.165, 1.54) is 11.0 Å². The van der Waals surface area contributed by atoms with Crippen LogP contribution in [0.1, 0.15) is 25.3 Å². The SMILES string of the molecule is CCCC1(O)CN(C(=O)Cc2c(F)cccc2F)C1. The van der Waals surface area contributed by atoms with E-state index in [-0.39, 0.29) is 31.0 Å². The van der Waals surface area contributed by atoms with Crippen LogP contribution >= 0.6 is 0 Å². The third-order valence-electron chi connectivity index (χ3n) is 3.43. The zero-order valence-electron chi connectivity index (χ0n) is 10.8. The summed E-state index contributed by atoms with van der Waals surface area (Å²) in [7, 11) is 0. The number of halogens is 2. The number of rotatable bonds is 4. The monoisotopic (exact) mass is 269 g/mol. The van der Waals surface area contributed by atoms with Crippen LogP contribution in [0.2, 0.25) is 0 Å². The molecule has 5 heteroatoms. The molecule has 1 aromatic rings. The van der Waals surface area contributed by atoms with Crippen molar-refractivity contribution in [2.75, 3.05) is 13.1 Å². The Labute approximate surface area is 110 Å². The average molecular weight is 269 g/mol. The van der Waals surface area contributed by atoms with Crippen molar-refractivity contribution in [3.63, 3.8) is 0 Å². The van der Waals surface area contributed by atoms with Gasteiger partial charge in [0.1, 0.15) is 11.6 Å². The summed E-state index contributed by atoms with van der Waals surface area (Å²) in [5.74, 6) is -1.78. The fraction of sp³-hybridized carbons (Fsp3) is 0.500. The van der Waals surface area contributed by atoms with Gasteiger partial charge in [-0.3, -0.25) is 4.79 Å². The predicted molar refractivity (Wildman–Crippen MR) is 66.5 cm³/mol. The molecule has 1 N–H and O–H groups in total. The van der Waals surface area contributed by atoms with E-state index < -0.39 is 17.2 Å². The molecule has 104 valence electrons. The van der Waals surface area contributed by atoms with Crippen molar-refractivity contribution in [3.05, 3.63) is 35.4 Å². The van der Waals surface area contributed by atoms with Crippen LogP contribution in [-0.4, -0.2) is 34.6 Å². The third-order valence-corrected chi connectivity index (χ3v) is 3.43. The molecule has 0 aromatic heterocycles. The second-order valence-electron chi connectivity index (χ2n) is 5.10.